The summed E-state index contributed by atoms with van der Waals surface area (Å²) in [5.41, 5.74) is 2.56. The largest absolute Gasteiger partial charge is 1.00 e. The van der Waals surface area contributed by atoms with Gasteiger partial charge in [0.15, 0.2) is 11.4 Å². The van der Waals surface area contributed by atoms with E-state index in [0.717, 1.165) is 6.08 Å². The number of carboxylic acid groups (broad SMARTS) is 2. The van der Waals surface area contributed by atoms with Crippen LogP contribution in [0.5, 0.6) is 0 Å². The number of H-pyrrole nitrogens is 2. The molecule has 6 aromatic rings. The molecule has 6 N–H and O–H groups in total. The molecule has 0 aliphatic heterocycles. The second-order valence-corrected chi connectivity index (χ2v) is 12.1. The molecule has 0 saturated heterocycles. The van der Waals surface area contributed by atoms with E-state index >= 15 is 0 Å². The van der Waals surface area contributed by atoms with Crippen molar-refractivity contribution in [3.05, 3.63) is 166 Å². The third-order valence-electron chi connectivity index (χ3n) is 8.09. The maximum Gasteiger partial charge on any atom is 1.00 e. The molecule has 2 aromatic heterocycles. The van der Waals surface area contributed by atoms with E-state index in [1.165, 1.54) is 45.0 Å². The molecular formula is C40H34CrN10NaO8+. The average Bonchev–Trinajstić information content (AvgIpc) is 3.67. The number of carboxylic acids is 2. The van der Waals surface area contributed by atoms with Crippen molar-refractivity contribution in [1.82, 2.24) is 19.6 Å². The summed E-state index contributed by atoms with van der Waals surface area (Å²) in [6, 6.07) is 25.4. The monoisotopic (exact) mass is 857 g/mol. The smallest absolute Gasteiger partial charge is 0.545 e. The number of carbonyl (C=O) groups excluding carboxylic acids is 3. The Hall–Kier alpha value is -6.85. The van der Waals surface area contributed by atoms with Gasteiger partial charge >= 0.3 is 41.4 Å². The van der Waals surface area contributed by atoms with Crippen molar-refractivity contribution in [2.75, 3.05) is 5.32 Å². The zero-order chi connectivity index (χ0) is 41.9. The Morgan fingerprint density at radius 2 is 1.15 bits per heavy atom. The first kappa shape index (κ1) is 47.5. The topological polar surface area (TPSA) is 265 Å². The zero-order valence-corrected chi connectivity index (χ0v) is 35.6. The molecule has 4 aromatic carbocycles. The minimum Gasteiger partial charge on any atom is -0.545 e. The number of azo groups is 2. The molecule has 0 aliphatic rings. The van der Waals surface area contributed by atoms with Gasteiger partial charge in [0.2, 0.25) is 5.91 Å². The summed E-state index contributed by atoms with van der Waals surface area (Å²) in [5, 5.41) is 46.0. The van der Waals surface area contributed by atoms with E-state index in [-0.39, 0.29) is 92.6 Å². The Morgan fingerprint density at radius 3 is 1.60 bits per heavy atom. The number of hydrogen-bond donors (Lipinski definition) is 5. The quantitative estimate of drug-likeness (QED) is 0.0524. The number of aromatic carboxylic acids is 2. The molecule has 0 fully saturated rings. The number of nitrogens with zero attached hydrogens (tertiary/aromatic N) is 6. The second kappa shape index (κ2) is 21.8. The molecule has 298 valence electrons. The van der Waals surface area contributed by atoms with Gasteiger partial charge in [0.1, 0.15) is 11.4 Å². The Balaban J connectivity index is 0.000000310. The van der Waals surface area contributed by atoms with Crippen LogP contribution in [0.3, 0.4) is 0 Å². The van der Waals surface area contributed by atoms with Crippen LogP contribution in [0.25, 0.3) is 11.4 Å². The van der Waals surface area contributed by atoms with E-state index in [1.54, 1.807) is 86.6 Å². The van der Waals surface area contributed by atoms with Crippen LogP contribution in [0.1, 0.15) is 32.1 Å². The number of aromatic amines is 2. The van der Waals surface area contributed by atoms with Gasteiger partial charge in [0, 0.05) is 46.8 Å². The summed E-state index contributed by atoms with van der Waals surface area (Å²) in [6.45, 7) is 10.1. The van der Waals surface area contributed by atoms with Crippen molar-refractivity contribution >= 4 is 57.9 Å². The fourth-order valence-corrected chi connectivity index (χ4v) is 5.19. The fraction of sp³-hybridized carbons (Fsp3) is 0.0500. The third-order valence-corrected chi connectivity index (χ3v) is 8.09. The third kappa shape index (κ3) is 11.6. The van der Waals surface area contributed by atoms with Crippen molar-refractivity contribution in [2.45, 2.75) is 13.8 Å². The van der Waals surface area contributed by atoms with Crippen molar-refractivity contribution in [3.63, 3.8) is 0 Å². The maximum atomic E-state index is 12.7. The van der Waals surface area contributed by atoms with Gasteiger partial charge in [-0.3, -0.25) is 24.6 Å². The summed E-state index contributed by atoms with van der Waals surface area (Å²) in [4.78, 5) is 70.6. The number of primary amides is 1. The fourth-order valence-electron chi connectivity index (χ4n) is 5.19. The Kier molecular flexibility index (Phi) is 17.3. The van der Waals surface area contributed by atoms with Crippen LogP contribution in [0.2, 0.25) is 0 Å². The molecule has 0 unspecified atom stereocenters. The number of nitrogens with one attached hydrogen (secondary N) is 3. The molecule has 2 heterocycles. The number of hydrogen-bond acceptors (Lipinski definition) is 11. The molecular weight excluding hydrogens is 823 g/mol. The van der Waals surface area contributed by atoms with Crippen LogP contribution in [0.4, 0.5) is 34.1 Å². The van der Waals surface area contributed by atoms with Crippen molar-refractivity contribution in [1.29, 1.82) is 0 Å². The van der Waals surface area contributed by atoms with Crippen LogP contribution in [0, 0.1) is 13.8 Å². The first-order valence-electron chi connectivity index (χ1n) is 17.1. The molecule has 0 saturated carbocycles. The number of aromatic nitrogens is 4. The summed E-state index contributed by atoms with van der Waals surface area (Å²) < 4.78 is 2.57. The van der Waals surface area contributed by atoms with Crippen LogP contribution in [0.15, 0.2) is 152 Å². The number of rotatable bonds is 12. The first-order valence-corrected chi connectivity index (χ1v) is 17.1. The van der Waals surface area contributed by atoms with E-state index in [4.69, 9.17) is 0 Å². The van der Waals surface area contributed by atoms with Gasteiger partial charge in [-0.15, -0.1) is 20.5 Å². The predicted molar refractivity (Wildman–Crippen MR) is 210 cm³/mol. The van der Waals surface area contributed by atoms with Crippen LogP contribution in [-0.2, 0) is 27.0 Å². The van der Waals surface area contributed by atoms with Gasteiger partial charge < -0.3 is 20.3 Å². The molecule has 20 heteroatoms. The number of anilines is 1. The molecule has 0 spiro atoms. The molecule has 0 bridgehead atoms. The Morgan fingerprint density at radius 1 is 0.700 bits per heavy atom. The van der Waals surface area contributed by atoms with E-state index in [0.29, 0.717) is 34.1 Å². The predicted octanol–water partition coefficient (Wildman–Crippen LogP) is 1.87. The Bertz CT molecular complexity index is 2550. The SMILES string of the molecule is C=CC(=O)Nc1ccc(-n2[nH]c(C)c(N=Nc3ccccc3C(=O)[O-])c2=O)cc1.C=CC(=O)[NH2+]c1ccc(-n2[nH]c(C)c(N=Nc3ccccc3C(=O)O)c2=O)cc1.[Cr].[Na+]. The Labute approximate surface area is 373 Å². The number of amides is 2. The van der Waals surface area contributed by atoms with E-state index < -0.39 is 23.1 Å². The van der Waals surface area contributed by atoms with Crippen molar-refractivity contribution in [2.24, 2.45) is 20.5 Å². The summed E-state index contributed by atoms with van der Waals surface area (Å²) in [6.07, 6.45) is 2.37. The van der Waals surface area contributed by atoms with E-state index in [9.17, 15) is 39.0 Å². The normalized spacial score (nSPS) is 10.5. The van der Waals surface area contributed by atoms with Crippen LogP contribution >= 0.6 is 0 Å². The molecule has 2 amide bonds. The number of quaternary nitrogens is 1. The first-order chi connectivity index (χ1) is 27.8. The number of nitrogens with two attached hydrogens (primary N) is 1. The molecule has 18 nitrogen and oxygen atoms in total. The molecule has 0 radical (unpaired) electrons. The van der Waals surface area contributed by atoms with Gasteiger partial charge in [0.25, 0.3) is 11.1 Å². The standard InChI is InChI=1S/2C20H17N5O4.Cr.Na/c2*1-3-17(26)21-13-8-10-14(11-9-13)25-19(27)18(12(2)24-25)23-22-16-7-5-4-6-15(16)20(28)29;;/h2*3-11,24H,1H2,2H3,(H,21,26)(H,28,29);;/q;;;+1. The van der Waals surface area contributed by atoms with Gasteiger partial charge in [0.05, 0.1) is 40.0 Å². The van der Waals surface area contributed by atoms with Gasteiger partial charge in [-0.2, -0.15) is 0 Å². The minimum absolute atomic E-state index is 0. The van der Waals surface area contributed by atoms with Gasteiger partial charge in [-0.25, -0.2) is 24.3 Å². The summed E-state index contributed by atoms with van der Waals surface area (Å²) in [5.74, 6) is -3.07. The van der Waals surface area contributed by atoms with Gasteiger partial charge in [-0.05, 0) is 74.5 Å². The minimum atomic E-state index is -1.38. The van der Waals surface area contributed by atoms with Gasteiger partial charge in [-0.1, -0.05) is 43.5 Å². The number of aryl methyl sites for hydroxylation is 2. The number of carbonyl (C=O) groups is 4. The molecule has 6 rings (SSSR count). The van der Waals surface area contributed by atoms with E-state index in [1.807, 2.05) is 0 Å². The van der Waals surface area contributed by atoms with Crippen LogP contribution < -0.4 is 56.4 Å². The van der Waals surface area contributed by atoms with Crippen LogP contribution in [-0.4, -0.2) is 48.4 Å². The molecule has 0 aliphatic carbocycles. The number of benzene rings is 4. The average molecular weight is 858 g/mol. The second-order valence-electron chi connectivity index (χ2n) is 12.1. The summed E-state index contributed by atoms with van der Waals surface area (Å²) >= 11 is 0. The summed E-state index contributed by atoms with van der Waals surface area (Å²) in [7, 11) is 0. The zero-order valence-electron chi connectivity index (χ0n) is 32.3. The van der Waals surface area contributed by atoms with E-state index in [2.05, 4.69) is 49.1 Å². The van der Waals surface area contributed by atoms with Crippen molar-refractivity contribution < 1.29 is 81.6 Å². The maximum absolute atomic E-state index is 12.7. The molecule has 0 atom stereocenters. The van der Waals surface area contributed by atoms with Crippen molar-refractivity contribution in [3.8, 4) is 11.4 Å². The molecule has 60 heavy (non-hydrogen) atoms.